The zero-order valence-corrected chi connectivity index (χ0v) is 10.2. The average molecular weight is 232 g/mol. The van der Waals surface area contributed by atoms with Gasteiger partial charge in [-0.3, -0.25) is 0 Å². The van der Waals surface area contributed by atoms with Crippen molar-refractivity contribution < 1.29 is 9.47 Å². The lowest BCUT2D eigenvalue weighted by molar-refractivity contribution is 0.0632. The molecule has 2 fully saturated rings. The summed E-state index contributed by atoms with van der Waals surface area (Å²) in [7, 11) is 0. The van der Waals surface area contributed by atoms with Gasteiger partial charge >= 0.3 is 0 Å². The molecular weight excluding hydrogens is 212 g/mol. The molecule has 0 spiro atoms. The van der Waals surface area contributed by atoms with Gasteiger partial charge in [0.1, 0.15) is 5.60 Å². The minimum absolute atomic E-state index is 0.0886. The summed E-state index contributed by atoms with van der Waals surface area (Å²) in [4.78, 5) is 0. The van der Waals surface area contributed by atoms with Gasteiger partial charge in [0.15, 0.2) is 0 Å². The summed E-state index contributed by atoms with van der Waals surface area (Å²) in [6, 6.07) is 10.4. The first-order chi connectivity index (χ1) is 8.39. The van der Waals surface area contributed by atoms with Crippen LogP contribution in [0.1, 0.15) is 37.7 Å². The van der Waals surface area contributed by atoms with Crippen LogP contribution in [0.2, 0.25) is 0 Å². The first-order valence-corrected chi connectivity index (χ1v) is 6.69. The molecule has 2 aliphatic rings. The molecule has 1 aromatic carbocycles. The average Bonchev–Trinajstić information content (AvgIpc) is 3.04. The van der Waals surface area contributed by atoms with Crippen LogP contribution < -0.4 is 0 Å². The summed E-state index contributed by atoms with van der Waals surface area (Å²) in [5, 5.41) is 0. The van der Waals surface area contributed by atoms with Crippen LogP contribution >= 0.6 is 0 Å². The molecule has 1 aliphatic heterocycles. The summed E-state index contributed by atoms with van der Waals surface area (Å²) >= 11 is 0. The largest absolute Gasteiger partial charge is 0.374 e. The van der Waals surface area contributed by atoms with Crippen molar-refractivity contribution in [3.05, 3.63) is 35.9 Å². The first kappa shape index (κ1) is 11.2. The molecule has 92 valence electrons. The van der Waals surface area contributed by atoms with Gasteiger partial charge in [0, 0.05) is 0 Å². The normalized spacial score (nSPS) is 31.6. The van der Waals surface area contributed by atoms with E-state index in [2.05, 4.69) is 24.3 Å². The number of benzene rings is 1. The third-order valence-electron chi connectivity index (χ3n) is 3.93. The van der Waals surface area contributed by atoms with Crippen molar-refractivity contribution in [3.63, 3.8) is 0 Å². The smallest absolute Gasteiger partial charge is 0.118 e. The van der Waals surface area contributed by atoms with E-state index in [9.17, 15) is 0 Å². The van der Waals surface area contributed by atoms with Gasteiger partial charge < -0.3 is 9.47 Å². The second kappa shape index (κ2) is 4.79. The molecule has 2 unspecified atom stereocenters. The molecular formula is C15H20O2. The SMILES string of the molecule is c1ccc(COCC23CCCCCC2O3)cc1. The monoisotopic (exact) mass is 232 g/mol. The van der Waals surface area contributed by atoms with Gasteiger partial charge in [0.25, 0.3) is 0 Å². The van der Waals surface area contributed by atoms with Crippen molar-refractivity contribution in [2.45, 2.75) is 50.4 Å². The Kier molecular flexibility index (Phi) is 3.17. The molecule has 1 aromatic rings. The Hall–Kier alpha value is -0.860. The maximum Gasteiger partial charge on any atom is 0.118 e. The van der Waals surface area contributed by atoms with Crippen LogP contribution in [0.25, 0.3) is 0 Å². The van der Waals surface area contributed by atoms with Gasteiger partial charge in [-0.2, -0.15) is 0 Å². The quantitative estimate of drug-likeness (QED) is 0.743. The van der Waals surface area contributed by atoms with Gasteiger partial charge in [0.05, 0.1) is 19.3 Å². The lowest BCUT2D eigenvalue weighted by Gasteiger charge is -2.12. The summed E-state index contributed by atoms with van der Waals surface area (Å²) in [6.45, 7) is 1.48. The minimum atomic E-state index is 0.0886. The van der Waals surface area contributed by atoms with E-state index in [4.69, 9.17) is 9.47 Å². The third-order valence-corrected chi connectivity index (χ3v) is 3.93. The van der Waals surface area contributed by atoms with Gasteiger partial charge in [0.2, 0.25) is 0 Å². The summed E-state index contributed by atoms with van der Waals surface area (Å²) in [5.74, 6) is 0. The topological polar surface area (TPSA) is 21.8 Å². The van der Waals surface area contributed by atoms with Crippen molar-refractivity contribution in [2.75, 3.05) is 6.61 Å². The second-order valence-corrected chi connectivity index (χ2v) is 5.25. The van der Waals surface area contributed by atoms with Crippen LogP contribution in [0, 0.1) is 0 Å². The number of epoxide rings is 1. The minimum Gasteiger partial charge on any atom is -0.374 e. The lowest BCUT2D eigenvalue weighted by atomic mass is 10.0. The molecule has 2 atom stereocenters. The van der Waals surface area contributed by atoms with Crippen molar-refractivity contribution >= 4 is 0 Å². The third kappa shape index (κ3) is 2.53. The van der Waals surface area contributed by atoms with Crippen LogP contribution in [0.5, 0.6) is 0 Å². The fraction of sp³-hybridized carbons (Fsp3) is 0.600. The van der Waals surface area contributed by atoms with E-state index in [1.165, 1.54) is 37.7 Å². The van der Waals surface area contributed by atoms with Crippen LogP contribution in [-0.4, -0.2) is 18.3 Å². The summed E-state index contributed by atoms with van der Waals surface area (Å²) < 4.78 is 11.7. The Morgan fingerprint density at radius 2 is 2.06 bits per heavy atom. The molecule has 2 nitrogen and oxygen atoms in total. The van der Waals surface area contributed by atoms with Crippen molar-refractivity contribution in [2.24, 2.45) is 0 Å². The van der Waals surface area contributed by atoms with Crippen LogP contribution in [0.3, 0.4) is 0 Å². The standard InChI is InChI=1S/C15H20O2/c1-3-7-13(8-4-1)11-16-12-15-10-6-2-5-9-14(15)17-15/h1,3-4,7-8,14H,2,5-6,9-12H2. The van der Waals surface area contributed by atoms with E-state index < -0.39 is 0 Å². The zero-order valence-electron chi connectivity index (χ0n) is 10.2. The molecule has 1 saturated heterocycles. The fourth-order valence-electron chi connectivity index (χ4n) is 2.84. The highest BCUT2D eigenvalue weighted by atomic mass is 16.6. The molecule has 3 rings (SSSR count). The first-order valence-electron chi connectivity index (χ1n) is 6.69. The van der Waals surface area contributed by atoms with Crippen LogP contribution in [-0.2, 0) is 16.1 Å². The van der Waals surface area contributed by atoms with E-state index in [0.29, 0.717) is 12.7 Å². The van der Waals surface area contributed by atoms with Gasteiger partial charge in [-0.25, -0.2) is 0 Å². The molecule has 2 heteroatoms. The zero-order chi connectivity index (χ0) is 11.6. The highest BCUT2D eigenvalue weighted by Gasteiger charge is 2.56. The Balaban J connectivity index is 1.48. The molecule has 0 radical (unpaired) electrons. The molecule has 0 N–H and O–H groups in total. The number of hydrogen-bond donors (Lipinski definition) is 0. The molecule has 0 bridgehead atoms. The maximum absolute atomic E-state index is 5.86. The molecule has 0 amide bonds. The lowest BCUT2D eigenvalue weighted by Crippen LogP contribution is -2.21. The summed E-state index contributed by atoms with van der Waals surface area (Å²) in [6.07, 6.45) is 6.89. The van der Waals surface area contributed by atoms with Crippen LogP contribution in [0.15, 0.2) is 30.3 Å². The van der Waals surface area contributed by atoms with E-state index in [1.807, 2.05) is 6.07 Å². The van der Waals surface area contributed by atoms with Gasteiger partial charge in [-0.05, 0) is 18.4 Å². The Bertz CT molecular complexity index is 362. The molecule has 17 heavy (non-hydrogen) atoms. The van der Waals surface area contributed by atoms with Crippen molar-refractivity contribution in [3.8, 4) is 0 Å². The molecule has 1 saturated carbocycles. The second-order valence-electron chi connectivity index (χ2n) is 5.25. The number of rotatable bonds is 4. The molecule has 0 aromatic heterocycles. The van der Waals surface area contributed by atoms with Crippen LogP contribution in [0.4, 0.5) is 0 Å². The highest BCUT2D eigenvalue weighted by Crippen LogP contribution is 2.46. The van der Waals surface area contributed by atoms with Crippen molar-refractivity contribution in [1.29, 1.82) is 0 Å². The maximum atomic E-state index is 5.86. The Morgan fingerprint density at radius 3 is 2.94 bits per heavy atom. The molecule has 1 heterocycles. The van der Waals surface area contributed by atoms with E-state index in [-0.39, 0.29) is 5.60 Å². The number of fused-ring (bicyclic) bond motifs is 1. The summed E-state index contributed by atoms with van der Waals surface area (Å²) in [5.41, 5.74) is 1.33. The van der Waals surface area contributed by atoms with E-state index in [0.717, 1.165) is 6.61 Å². The Labute approximate surface area is 103 Å². The predicted molar refractivity (Wildman–Crippen MR) is 66.8 cm³/mol. The van der Waals surface area contributed by atoms with E-state index >= 15 is 0 Å². The predicted octanol–water partition coefficient (Wildman–Crippen LogP) is 3.30. The van der Waals surface area contributed by atoms with Gasteiger partial charge in [-0.15, -0.1) is 0 Å². The van der Waals surface area contributed by atoms with Crippen molar-refractivity contribution in [1.82, 2.24) is 0 Å². The van der Waals surface area contributed by atoms with E-state index in [1.54, 1.807) is 0 Å². The Morgan fingerprint density at radius 1 is 1.18 bits per heavy atom. The number of hydrogen-bond acceptors (Lipinski definition) is 2. The highest BCUT2D eigenvalue weighted by molar-refractivity contribution is 5.13. The molecule has 1 aliphatic carbocycles. The number of ether oxygens (including phenoxy) is 2. The fourth-order valence-corrected chi connectivity index (χ4v) is 2.84. The van der Waals surface area contributed by atoms with Gasteiger partial charge in [-0.1, -0.05) is 49.6 Å².